The second-order valence-electron chi connectivity index (χ2n) is 4.76. The van der Waals surface area contributed by atoms with Crippen LogP contribution in [0, 0.1) is 12.3 Å². The zero-order chi connectivity index (χ0) is 10.1. The number of hydrogen-bond donors (Lipinski definition) is 1. The minimum atomic E-state index is 0.118. The van der Waals surface area contributed by atoms with Gasteiger partial charge in [-0.1, -0.05) is 50.6 Å². The van der Waals surface area contributed by atoms with Crippen molar-refractivity contribution >= 4 is 0 Å². The van der Waals surface area contributed by atoms with Crippen LogP contribution < -0.4 is 5.73 Å². The molecule has 0 saturated heterocycles. The summed E-state index contributed by atoms with van der Waals surface area (Å²) in [4.78, 5) is 0. The van der Waals surface area contributed by atoms with Crippen molar-refractivity contribution in [3.63, 3.8) is 0 Å². The molecule has 0 fully saturated rings. The van der Waals surface area contributed by atoms with Crippen LogP contribution in [-0.4, -0.2) is 0 Å². The highest BCUT2D eigenvalue weighted by Crippen LogP contribution is 2.30. The van der Waals surface area contributed by atoms with E-state index in [0.29, 0.717) is 0 Å². The summed E-state index contributed by atoms with van der Waals surface area (Å²) in [6, 6.07) is 8.54. The van der Waals surface area contributed by atoms with Crippen molar-refractivity contribution in [2.75, 3.05) is 0 Å². The third-order valence-electron chi connectivity index (χ3n) is 2.33. The Kier molecular flexibility index (Phi) is 2.77. The third-order valence-corrected chi connectivity index (χ3v) is 2.33. The molecular formula is C12H19N. The van der Waals surface area contributed by atoms with Gasteiger partial charge in [0, 0.05) is 6.04 Å². The molecule has 0 spiro atoms. The molecular weight excluding hydrogens is 158 g/mol. The van der Waals surface area contributed by atoms with Crippen LogP contribution in [0.1, 0.15) is 37.9 Å². The Morgan fingerprint density at radius 2 is 1.85 bits per heavy atom. The van der Waals surface area contributed by atoms with Crippen LogP contribution in [0.2, 0.25) is 0 Å². The summed E-state index contributed by atoms with van der Waals surface area (Å²) in [7, 11) is 0. The molecule has 2 N–H and O–H groups in total. The molecule has 72 valence electrons. The summed E-state index contributed by atoms with van der Waals surface area (Å²) in [5.41, 5.74) is 8.78. The van der Waals surface area contributed by atoms with E-state index in [1.807, 2.05) is 0 Å². The Morgan fingerprint density at radius 1 is 1.23 bits per heavy atom. The SMILES string of the molecule is Cc1cccc([C@@H](N)C(C)(C)C)c1. The Hall–Kier alpha value is -0.820. The fourth-order valence-electron chi connectivity index (χ4n) is 1.36. The topological polar surface area (TPSA) is 26.0 Å². The van der Waals surface area contributed by atoms with E-state index in [1.54, 1.807) is 0 Å². The molecule has 1 nitrogen and oxygen atoms in total. The van der Waals surface area contributed by atoms with Crippen LogP contribution in [0.25, 0.3) is 0 Å². The molecule has 0 radical (unpaired) electrons. The maximum absolute atomic E-state index is 6.14. The van der Waals surface area contributed by atoms with Gasteiger partial charge in [-0.15, -0.1) is 0 Å². The first-order chi connectivity index (χ1) is 5.91. The maximum Gasteiger partial charge on any atom is 0.0344 e. The molecule has 1 atom stereocenters. The number of hydrogen-bond acceptors (Lipinski definition) is 1. The lowest BCUT2D eigenvalue weighted by Gasteiger charge is -2.27. The van der Waals surface area contributed by atoms with Crippen molar-refractivity contribution in [3.05, 3.63) is 35.4 Å². The Labute approximate surface area is 81.0 Å². The minimum absolute atomic E-state index is 0.118. The monoisotopic (exact) mass is 177 g/mol. The molecule has 0 aliphatic heterocycles. The predicted octanol–water partition coefficient (Wildman–Crippen LogP) is 3.04. The zero-order valence-electron chi connectivity index (χ0n) is 8.96. The van der Waals surface area contributed by atoms with Crippen molar-refractivity contribution in [1.82, 2.24) is 0 Å². The Morgan fingerprint density at radius 3 is 2.31 bits per heavy atom. The largest absolute Gasteiger partial charge is 0.324 e. The van der Waals surface area contributed by atoms with Gasteiger partial charge in [0.05, 0.1) is 0 Å². The molecule has 1 aromatic rings. The molecule has 1 heteroatoms. The van der Waals surface area contributed by atoms with E-state index in [-0.39, 0.29) is 11.5 Å². The molecule has 0 aliphatic rings. The van der Waals surface area contributed by atoms with Gasteiger partial charge in [0.25, 0.3) is 0 Å². The van der Waals surface area contributed by atoms with Gasteiger partial charge in [0.2, 0.25) is 0 Å². The van der Waals surface area contributed by atoms with Crippen LogP contribution in [0.15, 0.2) is 24.3 Å². The number of rotatable bonds is 1. The quantitative estimate of drug-likeness (QED) is 0.701. The standard InChI is InChI=1S/C12H19N/c1-9-6-5-7-10(8-9)11(13)12(2,3)4/h5-8,11H,13H2,1-4H3/t11-/m1/s1. The molecule has 0 aliphatic carbocycles. The van der Waals surface area contributed by atoms with E-state index in [1.165, 1.54) is 11.1 Å². The fourth-order valence-corrected chi connectivity index (χ4v) is 1.36. The smallest absolute Gasteiger partial charge is 0.0344 e. The van der Waals surface area contributed by atoms with Crippen molar-refractivity contribution in [2.24, 2.45) is 11.1 Å². The van der Waals surface area contributed by atoms with Gasteiger partial charge in [-0.2, -0.15) is 0 Å². The molecule has 0 heterocycles. The molecule has 0 unspecified atom stereocenters. The summed E-state index contributed by atoms with van der Waals surface area (Å²) in [5, 5.41) is 0. The molecule has 1 aromatic carbocycles. The van der Waals surface area contributed by atoms with E-state index in [4.69, 9.17) is 5.73 Å². The average Bonchev–Trinajstić information content (AvgIpc) is 2.01. The van der Waals surface area contributed by atoms with E-state index < -0.39 is 0 Å². The predicted molar refractivity (Wildman–Crippen MR) is 57.6 cm³/mol. The van der Waals surface area contributed by atoms with E-state index >= 15 is 0 Å². The lowest BCUT2D eigenvalue weighted by Crippen LogP contribution is -2.26. The summed E-state index contributed by atoms with van der Waals surface area (Å²) < 4.78 is 0. The van der Waals surface area contributed by atoms with Gasteiger partial charge >= 0.3 is 0 Å². The van der Waals surface area contributed by atoms with Crippen molar-refractivity contribution < 1.29 is 0 Å². The third kappa shape index (κ3) is 2.56. The number of aryl methyl sites for hydroxylation is 1. The fraction of sp³-hybridized carbons (Fsp3) is 0.500. The van der Waals surface area contributed by atoms with Gasteiger partial charge in [-0.3, -0.25) is 0 Å². The molecule has 0 aromatic heterocycles. The number of benzene rings is 1. The highest BCUT2D eigenvalue weighted by molar-refractivity contribution is 5.25. The molecule has 0 amide bonds. The van der Waals surface area contributed by atoms with E-state index in [9.17, 15) is 0 Å². The molecule has 13 heavy (non-hydrogen) atoms. The summed E-state index contributed by atoms with van der Waals surface area (Å²) in [6.07, 6.45) is 0. The van der Waals surface area contributed by atoms with Crippen LogP contribution in [0.4, 0.5) is 0 Å². The first-order valence-electron chi connectivity index (χ1n) is 4.73. The first kappa shape index (κ1) is 10.3. The number of nitrogens with two attached hydrogens (primary N) is 1. The lowest BCUT2D eigenvalue weighted by molar-refractivity contribution is 0.327. The molecule has 1 rings (SSSR count). The van der Waals surface area contributed by atoms with Crippen molar-refractivity contribution in [2.45, 2.75) is 33.7 Å². The van der Waals surface area contributed by atoms with E-state index in [0.717, 1.165) is 0 Å². The zero-order valence-corrected chi connectivity index (χ0v) is 8.96. The minimum Gasteiger partial charge on any atom is -0.324 e. The highest BCUT2D eigenvalue weighted by atomic mass is 14.7. The van der Waals surface area contributed by atoms with Crippen LogP contribution >= 0.6 is 0 Å². The first-order valence-corrected chi connectivity index (χ1v) is 4.73. The van der Waals surface area contributed by atoms with Crippen LogP contribution in [0.5, 0.6) is 0 Å². The Bertz CT molecular complexity index is 283. The maximum atomic E-state index is 6.14. The summed E-state index contributed by atoms with van der Waals surface area (Å²) in [5.74, 6) is 0. The van der Waals surface area contributed by atoms with Gasteiger partial charge < -0.3 is 5.73 Å². The van der Waals surface area contributed by atoms with Gasteiger partial charge in [-0.05, 0) is 17.9 Å². The van der Waals surface area contributed by atoms with Crippen molar-refractivity contribution in [1.29, 1.82) is 0 Å². The summed E-state index contributed by atoms with van der Waals surface area (Å²) >= 11 is 0. The average molecular weight is 177 g/mol. The van der Waals surface area contributed by atoms with Crippen molar-refractivity contribution in [3.8, 4) is 0 Å². The lowest BCUT2D eigenvalue weighted by atomic mass is 9.83. The van der Waals surface area contributed by atoms with Gasteiger partial charge in [0.1, 0.15) is 0 Å². The normalized spacial score (nSPS) is 14.2. The highest BCUT2D eigenvalue weighted by Gasteiger charge is 2.21. The second kappa shape index (κ2) is 3.51. The van der Waals surface area contributed by atoms with Crippen LogP contribution in [-0.2, 0) is 0 Å². The Balaban J connectivity index is 2.96. The second-order valence-corrected chi connectivity index (χ2v) is 4.76. The molecule has 0 saturated carbocycles. The van der Waals surface area contributed by atoms with Gasteiger partial charge in [-0.25, -0.2) is 0 Å². The van der Waals surface area contributed by atoms with Gasteiger partial charge in [0.15, 0.2) is 0 Å². The van der Waals surface area contributed by atoms with Crippen LogP contribution in [0.3, 0.4) is 0 Å². The molecule has 0 bridgehead atoms. The summed E-state index contributed by atoms with van der Waals surface area (Å²) in [6.45, 7) is 8.60. The van der Waals surface area contributed by atoms with E-state index in [2.05, 4.69) is 52.0 Å².